The molecule has 0 amide bonds. The highest BCUT2D eigenvalue weighted by Gasteiger charge is 2.31. The van der Waals surface area contributed by atoms with Crippen LogP contribution in [-0.2, 0) is 12.7 Å². The molecule has 4 nitrogen and oxygen atoms in total. The molecule has 2 N–H and O–H groups in total. The maximum absolute atomic E-state index is 13.8. The number of nitrogens with one attached hydrogen (secondary N) is 2. The Bertz CT molecular complexity index is 797. The van der Waals surface area contributed by atoms with Gasteiger partial charge < -0.3 is 20.1 Å². The number of rotatable bonds is 5. The molecule has 0 aliphatic carbocycles. The van der Waals surface area contributed by atoms with Gasteiger partial charge in [0.1, 0.15) is 17.3 Å². The minimum absolute atomic E-state index is 0.0553. The first kappa shape index (κ1) is 19.8. The van der Waals surface area contributed by atoms with Crippen LogP contribution in [0.4, 0.5) is 23.2 Å². The van der Waals surface area contributed by atoms with Crippen molar-refractivity contribution in [2.45, 2.75) is 12.7 Å². The van der Waals surface area contributed by atoms with Gasteiger partial charge in [-0.05, 0) is 36.5 Å². The third-order valence-corrected chi connectivity index (χ3v) is 3.72. The number of methoxy groups -OCH3 is 2. The number of ether oxygens (including phenoxy) is 2. The molecular formula is C17H16F4N2O2S. The standard InChI is InChI=1S/C17H16F4N2O2S/c1-24-12-5-6-15(25-2)14(8-12)23-16(26)22-9-10-3-4-11(7-13(10)18)17(19,20)21/h3-8H,9H2,1-2H3,(H2,22,23,26). The molecule has 140 valence electrons. The SMILES string of the molecule is COc1ccc(OC)c(NC(=S)NCc2ccc(C(F)(F)F)cc2F)c1. The highest BCUT2D eigenvalue weighted by atomic mass is 32.1. The Morgan fingerprint density at radius 2 is 1.81 bits per heavy atom. The summed E-state index contributed by atoms with van der Waals surface area (Å²) >= 11 is 5.13. The molecular weight excluding hydrogens is 372 g/mol. The van der Waals surface area contributed by atoms with Crippen molar-refractivity contribution in [2.75, 3.05) is 19.5 Å². The maximum Gasteiger partial charge on any atom is 0.416 e. The lowest BCUT2D eigenvalue weighted by Gasteiger charge is -2.15. The van der Waals surface area contributed by atoms with Gasteiger partial charge in [0.05, 0.1) is 25.5 Å². The molecule has 0 bridgehead atoms. The lowest BCUT2D eigenvalue weighted by atomic mass is 10.1. The average molecular weight is 388 g/mol. The van der Waals surface area contributed by atoms with Crippen LogP contribution in [0.5, 0.6) is 11.5 Å². The second-order valence-electron chi connectivity index (χ2n) is 5.18. The molecule has 26 heavy (non-hydrogen) atoms. The van der Waals surface area contributed by atoms with E-state index in [0.717, 1.165) is 12.1 Å². The van der Waals surface area contributed by atoms with Gasteiger partial charge in [-0.2, -0.15) is 13.2 Å². The van der Waals surface area contributed by atoms with Crippen LogP contribution in [-0.4, -0.2) is 19.3 Å². The highest BCUT2D eigenvalue weighted by molar-refractivity contribution is 7.80. The Labute approximate surface area is 153 Å². The molecule has 0 radical (unpaired) electrons. The number of halogens is 4. The first-order chi connectivity index (χ1) is 12.2. The predicted molar refractivity (Wildman–Crippen MR) is 94.0 cm³/mol. The highest BCUT2D eigenvalue weighted by Crippen LogP contribution is 2.30. The Kier molecular flexibility index (Phi) is 6.25. The van der Waals surface area contributed by atoms with E-state index in [-0.39, 0.29) is 17.2 Å². The van der Waals surface area contributed by atoms with Crippen LogP contribution in [0.15, 0.2) is 36.4 Å². The number of thiocarbonyl (C=S) groups is 1. The second-order valence-corrected chi connectivity index (χ2v) is 5.59. The molecule has 9 heteroatoms. The minimum atomic E-state index is -4.59. The van der Waals surface area contributed by atoms with Gasteiger partial charge in [-0.25, -0.2) is 4.39 Å². The summed E-state index contributed by atoms with van der Waals surface area (Å²) in [5.74, 6) is 0.120. The number of anilines is 1. The minimum Gasteiger partial charge on any atom is -0.497 e. The summed E-state index contributed by atoms with van der Waals surface area (Å²) in [6.45, 7) is -0.0813. The zero-order valence-electron chi connectivity index (χ0n) is 13.9. The topological polar surface area (TPSA) is 42.5 Å². The molecule has 0 aliphatic rings. The summed E-state index contributed by atoms with van der Waals surface area (Å²) in [5.41, 5.74) is -0.461. The quantitative estimate of drug-likeness (QED) is 0.589. The lowest BCUT2D eigenvalue weighted by molar-refractivity contribution is -0.137. The van der Waals surface area contributed by atoms with E-state index < -0.39 is 17.6 Å². The molecule has 0 fully saturated rings. The Morgan fingerprint density at radius 1 is 1.08 bits per heavy atom. The van der Waals surface area contributed by atoms with E-state index in [1.807, 2.05) is 0 Å². The Morgan fingerprint density at radius 3 is 2.38 bits per heavy atom. The van der Waals surface area contributed by atoms with E-state index >= 15 is 0 Å². The number of benzene rings is 2. The number of hydrogen-bond donors (Lipinski definition) is 2. The molecule has 0 atom stereocenters. The third-order valence-electron chi connectivity index (χ3n) is 3.47. The van der Waals surface area contributed by atoms with Crippen molar-refractivity contribution >= 4 is 23.0 Å². The van der Waals surface area contributed by atoms with E-state index in [1.54, 1.807) is 18.2 Å². The van der Waals surface area contributed by atoms with Gasteiger partial charge in [0.25, 0.3) is 0 Å². The zero-order chi connectivity index (χ0) is 19.3. The Balaban J connectivity index is 2.03. The van der Waals surface area contributed by atoms with Gasteiger partial charge in [-0.15, -0.1) is 0 Å². The summed E-state index contributed by atoms with van der Waals surface area (Å²) in [7, 11) is 3.00. The van der Waals surface area contributed by atoms with Crippen LogP contribution in [0.3, 0.4) is 0 Å². The fraction of sp³-hybridized carbons (Fsp3) is 0.235. The molecule has 0 unspecified atom stereocenters. The lowest BCUT2D eigenvalue weighted by Crippen LogP contribution is -2.28. The van der Waals surface area contributed by atoms with E-state index in [9.17, 15) is 17.6 Å². The van der Waals surface area contributed by atoms with Crippen molar-refractivity contribution in [3.63, 3.8) is 0 Å². The molecule has 0 spiro atoms. The molecule has 0 heterocycles. The van der Waals surface area contributed by atoms with Crippen molar-refractivity contribution in [3.05, 3.63) is 53.3 Å². The maximum atomic E-state index is 13.8. The number of alkyl halides is 3. The van der Waals surface area contributed by atoms with Crippen LogP contribution in [0, 0.1) is 5.82 Å². The van der Waals surface area contributed by atoms with Crippen LogP contribution >= 0.6 is 12.2 Å². The number of hydrogen-bond acceptors (Lipinski definition) is 3. The van der Waals surface area contributed by atoms with Gasteiger partial charge in [0, 0.05) is 18.2 Å². The molecule has 2 aromatic rings. The van der Waals surface area contributed by atoms with Gasteiger partial charge in [-0.3, -0.25) is 0 Å². The van der Waals surface area contributed by atoms with Crippen LogP contribution < -0.4 is 20.1 Å². The van der Waals surface area contributed by atoms with Gasteiger partial charge in [0.2, 0.25) is 0 Å². The van der Waals surface area contributed by atoms with E-state index in [4.69, 9.17) is 21.7 Å². The summed E-state index contributed by atoms with van der Waals surface area (Å²) in [4.78, 5) is 0. The summed E-state index contributed by atoms with van der Waals surface area (Å²) in [6.07, 6.45) is -4.59. The third kappa shape index (κ3) is 4.98. The van der Waals surface area contributed by atoms with Crippen molar-refractivity contribution in [1.29, 1.82) is 0 Å². The predicted octanol–water partition coefficient (Wildman–Crippen LogP) is 4.35. The molecule has 2 aromatic carbocycles. The summed E-state index contributed by atoms with van der Waals surface area (Å²) < 4.78 is 61.8. The summed E-state index contributed by atoms with van der Waals surface area (Å²) in [6, 6.07) is 7.39. The van der Waals surface area contributed by atoms with Gasteiger partial charge in [0.15, 0.2) is 5.11 Å². The molecule has 0 aromatic heterocycles. The normalized spacial score (nSPS) is 11.0. The molecule has 2 rings (SSSR count). The van der Waals surface area contributed by atoms with E-state index in [1.165, 1.54) is 14.2 Å². The van der Waals surface area contributed by atoms with E-state index in [2.05, 4.69) is 10.6 Å². The van der Waals surface area contributed by atoms with Crippen molar-refractivity contribution in [2.24, 2.45) is 0 Å². The average Bonchev–Trinajstić information content (AvgIpc) is 2.59. The largest absolute Gasteiger partial charge is 0.497 e. The Hall–Kier alpha value is -2.55. The fourth-order valence-electron chi connectivity index (χ4n) is 2.12. The van der Waals surface area contributed by atoms with Crippen molar-refractivity contribution in [3.8, 4) is 11.5 Å². The van der Waals surface area contributed by atoms with Crippen molar-refractivity contribution < 1.29 is 27.0 Å². The molecule has 0 aliphatic heterocycles. The first-order valence-corrected chi connectivity index (χ1v) is 7.78. The fourth-order valence-corrected chi connectivity index (χ4v) is 2.30. The second kappa shape index (κ2) is 8.22. The van der Waals surface area contributed by atoms with Gasteiger partial charge in [-0.1, -0.05) is 6.07 Å². The monoisotopic (exact) mass is 388 g/mol. The zero-order valence-corrected chi connectivity index (χ0v) is 14.7. The first-order valence-electron chi connectivity index (χ1n) is 7.37. The molecule has 0 saturated carbocycles. The van der Waals surface area contributed by atoms with Crippen LogP contribution in [0.1, 0.15) is 11.1 Å². The van der Waals surface area contributed by atoms with Crippen LogP contribution in [0.2, 0.25) is 0 Å². The van der Waals surface area contributed by atoms with Crippen LogP contribution in [0.25, 0.3) is 0 Å². The van der Waals surface area contributed by atoms with E-state index in [0.29, 0.717) is 23.3 Å². The van der Waals surface area contributed by atoms with Gasteiger partial charge >= 0.3 is 6.18 Å². The molecule has 0 saturated heterocycles. The summed E-state index contributed by atoms with van der Waals surface area (Å²) in [5, 5.41) is 5.76. The smallest absolute Gasteiger partial charge is 0.416 e. The van der Waals surface area contributed by atoms with Crippen molar-refractivity contribution in [1.82, 2.24) is 5.32 Å².